The minimum atomic E-state index is -0.539. The molecule has 0 spiro atoms. The van der Waals surface area contributed by atoms with Crippen molar-refractivity contribution in [1.29, 1.82) is 0 Å². The van der Waals surface area contributed by atoms with Crippen LogP contribution in [0.3, 0.4) is 0 Å². The SMILES string of the molecule is C=C(C)O.CC.CC1=C[N+](C)(CCS(C)(C)C)c2nc(Cl)cc(CCC3CCN(C(C)(C)C)CC3)c21. The first-order valence-electron chi connectivity index (χ1n) is 13.5. The molecule has 3 rings (SSSR count). The molecule has 6 heteroatoms. The van der Waals surface area contributed by atoms with E-state index in [1.54, 1.807) is 0 Å². The lowest BCUT2D eigenvalue weighted by Crippen LogP contribution is -2.46. The van der Waals surface area contributed by atoms with Gasteiger partial charge in [-0.2, -0.15) is 4.98 Å². The van der Waals surface area contributed by atoms with Crippen LogP contribution in [0.15, 0.2) is 24.6 Å². The summed E-state index contributed by atoms with van der Waals surface area (Å²) in [5, 5.41) is 8.52. The summed E-state index contributed by atoms with van der Waals surface area (Å²) in [6.07, 6.45) is 14.6. The molecule has 208 valence electrons. The summed E-state index contributed by atoms with van der Waals surface area (Å²) in [5.41, 5.74) is 4.45. The number of nitrogens with zero attached hydrogens (tertiary/aromatic N) is 3. The number of quaternary nitrogens is 1. The van der Waals surface area contributed by atoms with Crippen LogP contribution in [0.5, 0.6) is 0 Å². The van der Waals surface area contributed by atoms with Gasteiger partial charge in [0.2, 0.25) is 5.82 Å². The van der Waals surface area contributed by atoms with E-state index in [0.29, 0.717) is 10.7 Å². The summed E-state index contributed by atoms with van der Waals surface area (Å²) >= 11 is 6.54. The normalized spacial score (nSPS) is 20.9. The van der Waals surface area contributed by atoms with Gasteiger partial charge in [-0.05, 0) is 110 Å². The number of rotatable bonds is 6. The van der Waals surface area contributed by atoms with E-state index in [9.17, 15) is 0 Å². The maximum Gasteiger partial charge on any atom is 0.241 e. The highest BCUT2D eigenvalue weighted by atomic mass is 35.5. The smallest absolute Gasteiger partial charge is 0.241 e. The lowest BCUT2D eigenvalue weighted by Gasteiger charge is -2.41. The quantitative estimate of drug-likeness (QED) is 0.224. The van der Waals surface area contributed by atoms with E-state index >= 15 is 0 Å². The third kappa shape index (κ3) is 10.0. The Morgan fingerprint density at radius 2 is 1.75 bits per heavy atom. The number of hydrogen-bond donors (Lipinski definition) is 1. The molecule has 0 radical (unpaired) electrons. The van der Waals surface area contributed by atoms with Crippen molar-refractivity contribution in [3.8, 4) is 0 Å². The minimum Gasteiger partial charge on any atom is -0.513 e. The number of aliphatic hydroxyl groups is 1. The van der Waals surface area contributed by atoms with Gasteiger partial charge in [0.1, 0.15) is 11.4 Å². The van der Waals surface area contributed by atoms with E-state index in [1.807, 2.05) is 13.8 Å². The zero-order valence-corrected chi connectivity index (χ0v) is 26.7. The first kappa shape index (κ1) is 33.0. The number of halogens is 1. The predicted molar refractivity (Wildman–Crippen MR) is 167 cm³/mol. The number of likely N-dealkylation sites (tertiary alicyclic amines) is 1. The first-order chi connectivity index (χ1) is 16.5. The van der Waals surface area contributed by atoms with Crippen LogP contribution in [-0.4, -0.2) is 71.7 Å². The Kier molecular flexibility index (Phi) is 12.6. The van der Waals surface area contributed by atoms with Gasteiger partial charge in [-0.1, -0.05) is 32.0 Å². The Morgan fingerprint density at radius 3 is 2.22 bits per heavy atom. The van der Waals surface area contributed by atoms with Crippen molar-refractivity contribution in [2.24, 2.45) is 5.92 Å². The Hall–Kier alpha value is -1.01. The molecule has 2 aliphatic rings. The highest BCUT2D eigenvalue weighted by Gasteiger charge is 2.38. The lowest BCUT2D eigenvalue weighted by molar-refractivity contribution is 0.0855. The zero-order chi connectivity index (χ0) is 27.9. The molecule has 1 aromatic heterocycles. The molecular formula is C30H55ClN3OS+. The second-order valence-corrected chi connectivity index (χ2v) is 17.3. The van der Waals surface area contributed by atoms with Gasteiger partial charge in [0.05, 0.1) is 24.9 Å². The van der Waals surface area contributed by atoms with Gasteiger partial charge in [-0.25, -0.2) is 14.5 Å². The number of allylic oxidation sites excluding steroid dienone is 2. The van der Waals surface area contributed by atoms with Crippen LogP contribution in [0.25, 0.3) is 5.57 Å². The molecule has 4 nitrogen and oxygen atoms in total. The van der Waals surface area contributed by atoms with Gasteiger partial charge in [-0.3, -0.25) is 4.90 Å². The molecule has 1 fully saturated rings. The van der Waals surface area contributed by atoms with E-state index in [2.05, 4.69) is 77.3 Å². The van der Waals surface area contributed by atoms with Gasteiger partial charge in [0, 0.05) is 16.9 Å². The number of aliphatic hydroxyl groups excluding tert-OH is 1. The average Bonchev–Trinajstić information content (AvgIpc) is 3.01. The maximum absolute atomic E-state index is 7.86. The summed E-state index contributed by atoms with van der Waals surface area (Å²) in [5.74, 6) is 3.39. The van der Waals surface area contributed by atoms with Crippen LogP contribution in [-0.2, 0) is 6.42 Å². The van der Waals surface area contributed by atoms with E-state index < -0.39 is 10.0 Å². The first-order valence-corrected chi connectivity index (χ1v) is 16.9. The fourth-order valence-electron chi connectivity index (χ4n) is 4.98. The number of fused-ring (bicyclic) bond motifs is 1. The standard InChI is InChI=1S/C25H43ClN3S.C3H6O.C2H6/c1-19-18-29(5,15-16-30(6,7)8)24-23(19)21(17-22(26)27-24)10-9-20-11-13-28(14-12-20)25(2,3)4;1-3(2)4;1-2/h17-18,20H,9-16H2,1-8H3;4H,1H2,2H3;1-2H3/q+1;;. The van der Waals surface area contributed by atoms with Crippen molar-refractivity contribution in [1.82, 2.24) is 14.4 Å². The molecule has 0 amide bonds. The molecule has 0 saturated carbocycles. The highest BCUT2D eigenvalue weighted by Crippen LogP contribution is 2.43. The monoisotopic (exact) mass is 540 g/mol. The fourth-order valence-corrected chi connectivity index (χ4v) is 6.12. The predicted octanol–water partition coefficient (Wildman–Crippen LogP) is 8.29. The van der Waals surface area contributed by atoms with Crippen LogP contribution >= 0.6 is 21.6 Å². The molecule has 0 aliphatic carbocycles. The van der Waals surface area contributed by atoms with E-state index in [4.69, 9.17) is 21.7 Å². The summed E-state index contributed by atoms with van der Waals surface area (Å²) in [6, 6.07) is 2.13. The molecule has 1 N–H and O–H groups in total. The van der Waals surface area contributed by atoms with Crippen LogP contribution in [0.1, 0.15) is 78.9 Å². The largest absolute Gasteiger partial charge is 0.513 e. The van der Waals surface area contributed by atoms with Crippen molar-refractivity contribution in [2.75, 3.05) is 51.2 Å². The van der Waals surface area contributed by atoms with E-state index in [-0.39, 0.29) is 5.76 Å². The number of aryl methyl sites for hydroxylation is 1. The fraction of sp³-hybridized carbons (Fsp3) is 0.700. The molecule has 2 aliphatic heterocycles. The Morgan fingerprint density at radius 1 is 1.22 bits per heavy atom. The molecule has 1 atom stereocenters. The lowest BCUT2D eigenvalue weighted by atomic mass is 9.87. The van der Waals surface area contributed by atoms with Crippen LogP contribution in [0.2, 0.25) is 5.15 Å². The van der Waals surface area contributed by atoms with Crippen molar-refractivity contribution >= 4 is 33.0 Å². The molecule has 1 saturated heterocycles. The highest BCUT2D eigenvalue weighted by molar-refractivity contribution is 8.32. The van der Waals surface area contributed by atoms with Gasteiger partial charge < -0.3 is 5.11 Å². The third-order valence-corrected chi connectivity index (χ3v) is 8.56. The average molecular weight is 541 g/mol. The van der Waals surface area contributed by atoms with Crippen molar-refractivity contribution in [3.63, 3.8) is 0 Å². The topological polar surface area (TPSA) is 36.4 Å². The summed E-state index contributed by atoms with van der Waals surface area (Å²) in [4.78, 5) is 7.47. The zero-order valence-electron chi connectivity index (χ0n) is 25.2. The molecular weight excluding hydrogens is 486 g/mol. The van der Waals surface area contributed by atoms with Crippen LogP contribution < -0.4 is 4.48 Å². The Balaban J connectivity index is 0.000000982. The number of hydrogen-bond acceptors (Lipinski definition) is 3. The van der Waals surface area contributed by atoms with Gasteiger partial charge >= 0.3 is 0 Å². The Bertz CT molecular complexity index is 889. The second-order valence-electron chi connectivity index (χ2n) is 12.3. The van der Waals surface area contributed by atoms with Crippen LogP contribution in [0.4, 0.5) is 5.82 Å². The van der Waals surface area contributed by atoms with Crippen molar-refractivity contribution in [2.45, 2.75) is 79.7 Å². The second kappa shape index (κ2) is 13.7. The third-order valence-electron chi connectivity index (χ3n) is 6.96. The Labute approximate surface area is 229 Å². The number of pyridine rings is 1. The minimum absolute atomic E-state index is 0.167. The molecule has 36 heavy (non-hydrogen) atoms. The van der Waals surface area contributed by atoms with Gasteiger partial charge in [0.15, 0.2) is 0 Å². The van der Waals surface area contributed by atoms with Gasteiger partial charge in [-0.15, -0.1) is 0 Å². The summed E-state index contributed by atoms with van der Waals surface area (Å²) in [7, 11) is 1.76. The van der Waals surface area contributed by atoms with E-state index in [0.717, 1.165) is 23.4 Å². The summed E-state index contributed by atoms with van der Waals surface area (Å²) in [6.45, 7) is 21.5. The maximum atomic E-state index is 7.86. The van der Waals surface area contributed by atoms with Crippen molar-refractivity contribution < 1.29 is 5.11 Å². The molecule has 3 heterocycles. The number of piperidine rings is 1. The van der Waals surface area contributed by atoms with Crippen molar-refractivity contribution in [3.05, 3.63) is 40.9 Å². The summed E-state index contributed by atoms with van der Waals surface area (Å²) < 4.78 is 0.795. The molecule has 0 aromatic carbocycles. The molecule has 1 unspecified atom stereocenters. The van der Waals surface area contributed by atoms with Gasteiger partial charge in [0.25, 0.3) is 0 Å². The molecule has 1 aromatic rings. The molecule has 0 bridgehead atoms. The van der Waals surface area contributed by atoms with E-state index in [1.165, 1.54) is 67.5 Å². The van der Waals surface area contributed by atoms with Crippen LogP contribution in [0, 0.1) is 5.92 Å². The number of aromatic nitrogens is 1.